The lowest BCUT2D eigenvalue weighted by atomic mass is 9.99. The van der Waals surface area contributed by atoms with Gasteiger partial charge in [-0.25, -0.2) is 0 Å². The molecule has 0 radical (unpaired) electrons. The predicted molar refractivity (Wildman–Crippen MR) is 61.0 cm³/mol. The van der Waals surface area contributed by atoms with Crippen LogP contribution in [0, 0.1) is 0 Å². The maximum absolute atomic E-state index is 12.2. The lowest BCUT2D eigenvalue weighted by Crippen LogP contribution is -2.29. The number of halogens is 3. The number of fused-ring (bicyclic) bond motifs is 1. The highest BCUT2D eigenvalue weighted by molar-refractivity contribution is 5.40. The Labute approximate surface area is 103 Å². The van der Waals surface area contributed by atoms with E-state index in [-0.39, 0.29) is 6.42 Å². The van der Waals surface area contributed by atoms with Crippen molar-refractivity contribution in [3.05, 3.63) is 29.3 Å². The molecule has 1 aromatic rings. The number of alkyl halides is 3. The van der Waals surface area contributed by atoms with E-state index in [9.17, 15) is 13.2 Å². The highest BCUT2D eigenvalue weighted by Crippen LogP contribution is 2.31. The fourth-order valence-electron chi connectivity index (χ4n) is 2.08. The molecule has 100 valence electrons. The standard InChI is InChI=1S/C12H15F3N2O/c13-12(14,15)5-3-10(17-16)8-1-2-11-9(7-8)4-6-18-11/h1-2,7,10,17H,3-6,16H2. The van der Waals surface area contributed by atoms with Gasteiger partial charge in [0, 0.05) is 18.9 Å². The Hall–Kier alpha value is -1.27. The van der Waals surface area contributed by atoms with E-state index in [1.807, 2.05) is 6.07 Å². The van der Waals surface area contributed by atoms with E-state index in [1.165, 1.54) is 0 Å². The van der Waals surface area contributed by atoms with Crippen molar-refractivity contribution in [3.8, 4) is 5.75 Å². The Morgan fingerprint density at radius 1 is 1.39 bits per heavy atom. The molecule has 0 aliphatic carbocycles. The average Bonchev–Trinajstić information content (AvgIpc) is 2.75. The van der Waals surface area contributed by atoms with Gasteiger partial charge in [0.2, 0.25) is 0 Å². The lowest BCUT2D eigenvalue weighted by Gasteiger charge is -2.18. The number of hydrazine groups is 1. The van der Waals surface area contributed by atoms with Crippen molar-refractivity contribution in [2.24, 2.45) is 5.84 Å². The molecule has 1 aromatic carbocycles. The quantitative estimate of drug-likeness (QED) is 0.646. The van der Waals surface area contributed by atoms with Crippen LogP contribution in [-0.2, 0) is 6.42 Å². The van der Waals surface area contributed by atoms with E-state index < -0.39 is 18.6 Å². The summed E-state index contributed by atoms with van der Waals surface area (Å²) >= 11 is 0. The molecule has 6 heteroatoms. The van der Waals surface area contributed by atoms with Crippen LogP contribution in [0.4, 0.5) is 13.2 Å². The number of hydrogen-bond donors (Lipinski definition) is 2. The van der Waals surface area contributed by atoms with Gasteiger partial charge >= 0.3 is 6.18 Å². The van der Waals surface area contributed by atoms with E-state index in [2.05, 4.69) is 5.43 Å². The summed E-state index contributed by atoms with van der Waals surface area (Å²) in [6, 6.07) is 4.92. The smallest absolute Gasteiger partial charge is 0.389 e. The molecule has 0 amide bonds. The van der Waals surface area contributed by atoms with Crippen LogP contribution >= 0.6 is 0 Å². The van der Waals surface area contributed by atoms with Gasteiger partial charge in [0.05, 0.1) is 6.61 Å². The van der Waals surface area contributed by atoms with Crippen LogP contribution in [-0.4, -0.2) is 12.8 Å². The second kappa shape index (κ2) is 5.16. The summed E-state index contributed by atoms with van der Waals surface area (Å²) in [6.07, 6.45) is -4.29. The van der Waals surface area contributed by atoms with Crippen molar-refractivity contribution >= 4 is 0 Å². The molecule has 0 saturated heterocycles. The molecule has 0 spiro atoms. The van der Waals surface area contributed by atoms with Crippen LogP contribution in [0.15, 0.2) is 18.2 Å². The fourth-order valence-corrected chi connectivity index (χ4v) is 2.08. The number of nitrogens with two attached hydrogens (primary N) is 1. The maximum atomic E-state index is 12.2. The first kappa shape index (κ1) is 13.2. The van der Waals surface area contributed by atoms with Gasteiger partial charge in [0.25, 0.3) is 0 Å². The minimum atomic E-state index is -4.16. The highest BCUT2D eigenvalue weighted by atomic mass is 19.4. The first-order chi connectivity index (χ1) is 8.49. The number of rotatable bonds is 4. The summed E-state index contributed by atoms with van der Waals surface area (Å²) in [6.45, 7) is 0.627. The molecule has 1 aliphatic rings. The van der Waals surface area contributed by atoms with E-state index in [0.717, 1.165) is 23.3 Å². The second-order valence-corrected chi connectivity index (χ2v) is 4.34. The van der Waals surface area contributed by atoms with Crippen LogP contribution < -0.4 is 16.0 Å². The Bertz CT molecular complexity index is 420. The molecule has 3 N–H and O–H groups in total. The zero-order valence-corrected chi connectivity index (χ0v) is 9.76. The Morgan fingerprint density at radius 2 is 2.17 bits per heavy atom. The van der Waals surface area contributed by atoms with Crippen LogP contribution in [0.5, 0.6) is 5.75 Å². The lowest BCUT2D eigenvalue weighted by molar-refractivity contribution is -0.136. The number of ether oxygens (including phenoxy) is 1. The van der Waals surface area contributed by atoms with Crippen LogP contribution in [0.3, 0.4) is 0 Å². The number of hydrogen-bond acceptors (Lipinski definition) is 3. The first-order valence-electron chi connectivity index (χ1n) is 5.78. The highest BCUT2D eigenvalue weighted by Gasteiger charge is 2.28. The topological polar surface area (TPSA) is 47.3 Å². The summed E-state index contributed by atoms with van der Waals surface area (Å²) < 4.78 is 41.9. The summed E-state index contributed by atoms with van der Waals surface area (Å²) in [5, 5.41) is 0. The normalized spacial score (nSPS) is 16.2. The van der Waals surface area contributed by atoms with Crippen molar-refractivity contribution in [3.63, 3.8) is 0 Å². The minimum absolute atomic E-state index is 0.0698. The molecule has 1 aliphatic heterocycles. The SMILES string of the molecule is NNC(CCC(F)(F)F)c1ccc2c(c1)CCO2. The van der Waals surface area contributed by atoms with Gasteiger partial charge in [-0.3, -0.25) is 11.3 Å². The third-order valence-corrected chi connectivity index (χ3v) is 3.03. The van der Waals surface area contributed by atoms with Gasteiger partial charge in [-0.05, 0) is 23.6 Å². The largest absolute Gasteiger partial charge is 0.493 e. The summed E-state index contributed by atoms with van der Waals surface area (Å²) in [4.78, 5) is 0. The summed E-state index contributed by atoms with van der Waals surface area (Å²) in [5.74, 6) is 6.14. The summed E-state index contributed by atoms with van der Waals surface area (Å²) in [7, 11) is 0. The molecule has 1 atom stereocenters. The molecule has 0 saturated carbocycles. The van der Waals surface area contributed by atoms with Crippen molar-refractivity contribution in [1.82, 2.24) is 5.43 Å². The van der Waals surface area contributed by atoms with Gasteiger partial charge in [-0.15, -0.1) is 0 Å². The van der Waals surface area contributed by atoms with Gasteiger partial charge in [0.1, 0.15) is 5.75 Å². The van der Waals surface area contributed by atoms with Crippen molar-refractivity contribution in [2.45, 2.75) is 31.5 Å². The number of nitrogens with one attached hydrogen (secondary N) is 1. The minimum Gasteiger partial charge on any atom is -0.493 e. The molecule has 1 unspecified atom stereocenters. The molecule has 18 heavy (non-hydrogen) atoms. The molecule has 0 fully saturated rings. The van der Waals surface area contributed by atoms with Crippen LogP contribution in [0.2, 0.25) is 0 Å². The van der Waals surface area contributed by atoms with E-state index in [4.69, 9.17) is 10.6 Å². The Balaban J connectivity index is 2.08. The molecular formula is C12H15F3N2O. The van der Waals surface area contributed by atoms with Crippen LogP contribution in [0.25, 0.3) is 0 Å². The van der Waals surface area contributed by atoms with Gasteiger partial charge in [-0.2, -0.15) is 13.2 Å². The molecular weight excluding hydrogens is 245 g/mol. The van der Waals surface area contributed by atoms with Crippen molar-refractivity contribution in [1.29, 1.82) is 0 Å². The third-order valence-electron chi connectivity index (χ3n) is 3.03. The molecule has 1 heterocycles. The van der Waals surface area contributed by atoms with Gasteiger partial charge in [-0.1, -0.05) is 12.1 Å². The van der Waals surface area contributed by atoms with Crippen molar-refractivity contribution < 1.29 is 17.9 Å². The number of benzene rings is 1. The van der Waals surface area contributed by atoms with E-state index >= 15 is 0 Å². The van der Waals surface area contributed by atoms with Crippen molar-refractivity contribution in [2.75, 3.05) is 6.61 Å². The molecule has 2 rings (SSSR count). The van der Waals surface area contributed by atoms with Gasteiger partial charge < -0.3 is 4.74 Å². The van der Waals surface area contributed by atoms with E-state index in [0.29, 0.717) is 6.61 Å². The first-order valence-corrected chi connectivity index (χ1v) is 5.78. The average molecular weight is 260 g/mol. The molecule has 0 bridgehead atoms. The summed E-state index contributed by atoms with van der Waals surface area (Å²) in [5.41, 5.74) is 4.24. The molecule has 0 aromatic heterocycles. The van der Waals surface area contributed by atoms with E-state index in [1.54, 1.807) is 12.1 Å². The zero-order chi connectivity index (χ0) is 13.2. The third kappa shape index (κ3) is 3.14. The second-order valence-electron chi connectivity index (χ2n) is 4.34. The predicted octanol–water partition coefficient (Wildman–Crippen LogP) is 2.47. The van der Waals surface area contributed by atoms with Crippen LogP contribution in [0.1, 0.15) is 30.0 Å². The Kier molecular flexibility index (Phi) is 3.77. The maximum Gasteiger partial charge on any atom is 0.389 e. The monoisotopic (exact) mass is 260 g/mol. The zero-order valence-electron chi connectivity index (χ0n) is 9.76. The Morgan fingerprint density at radius 3 is 2.83 bits per heavy atom. The molecule has 3 nitrogen and oxygen atoms in total. The fraction of sp³-hybridized carbons (Fsp3) is 0.500. The van der Waals surface area contributed by atoms with Gasteiger partial charge in [0.15, 0.2) is 0 Å².